The van der Waals surface area contributed by atoms with Gasteiger partial charge in [-0.15, -0.1) is 11.8 Å². The third-order valence-corrected chi connectivity index (χ3v) is 2.94. The van der Waals surface area contributed by atoms with Gasteiger partial charge in [0.2, 0.25) is 0 Å². The monoisotopic (exact) mass is 229 g/mol. The van der Waals surface area contributed by atoms with Gasteiger partial charge in [0.05, 0.1) is 0 Å². The van der Waals surface area contributed by atoms with Crippen molar-refractivity contribution in [2.24, 2.45) is 0 Å². The van der Waals surface area contributed by atoms with Gasteiger partial charge in [-0.3, -0.25) is 0 Å². The minimum absolute atomic E-state index is 0.620. The molecule has 0 aliphatic rings. The van der Waals surface area contributed by atoms with Crippen LogP contribution in [0.3, 0.4) is 0 Å². The lowest BCUT2D eigenvalue weighted by molar-refractivity contribution is 0.547. The Morgan fingerprint density at radius 2 is 2.00 bits per heavy atom. The SMILES string of the molecule is CC#CCCCC(CNCC)c1ccccc1. The van der Waals surface area contributed by atoms with E-state index in [-0.39, 0.29) is 0 Å². The fourth-order valence-electron chi connectivity index (χ4n) is 1.99. The van der Waals surface area contributed by atoms with Crippen molar-refractivity contribution in [1.29, 1.82) is 0 Å². The molecule has 0 amide bonds. The number of likely N-dealkylation sites (N-methyl/N-ethyl adjacent to an activating group) is 1. The third-order valence-electron chi connectivity index (χ3n) is 2.94. The van der Waals surface area contributed by atoms with Gasteiger partial charge in [-0.25, -0.2) is 0 Å². The van der Waals surface area contributed by atoms with E-state index in [4.69, 9.17) is 0 Å². The Morgan fingerprint density at radius 3 is 2.65 bits per heavy atom. The molecule has 0 spiro atoms. The van der Waals surface area contributed by atoms with E-state index in [1.54, 1.807) is 0 Å². The number of unbranched alkanes of at least 4 members (excludes halogenated alkanes) is 1. The van der Waals surface area contributed by atoms with Gasteiger partial charge in [0.25, 0.3) is 0 Å². The maximum absolute atomic E-state index is 3.45. The van der Waals surface area contributed by atoms with Crippen LogP contribution in [0.15, 0.2) is 30.3 Å². The van der Waals surface area contributed by atoms with Gasteiger partial charge < -0.3 is 5.32 Å². The quantitative estimate of drug-likeness (QED) is 0.556. The summed E-state index contributed by atoms with van der Waals surface area (Å²) in [7, 11) is 0. The molecule has 17 heavy (non-hydrogen) atoms. The van der Waals surface area contributed by atoms with Crippen molar-refractivity contribution in [3.8, 4) is 11.8 Å². The molecule has 0 aromatic heterocycles. The van der Waals surface area contributed by atoms with Gasteiger partial charge in [0, 0.05) is 13.0 Å². The second-order valence-electron chi connectivity index (χ2n) is 4.23. The summed E-state index contributed by atoms with van der Waals surface area (Å²) in [5.41, 5.74) is 1.44. The van der Waals surface area contributed by atoms with E-state index >= 15 is 0 Å². The maximum atomic E-state index is 3.45. The molecule has 0 fully saturated rings. The maximum Gasteiger partial charge on any atom is 0.00888 e. The lowest BCUT2D eigenvalue weighted by atomic mass is 9.93. The molecule has 0 aliphatic heterocycles. The van der Waals surface area contributed by atoms with Gasteiger partial charge >= 0.3 is 0 Å². The minimum atomic E-state index is 0.620. The fraction of sp³-hybridized carbons (Fsp3) is 0.500. The molecule has 0 heterocycles. The standard InChI is InChI=1S/C16H23N/c1-3-5-6-8-13-16(14-17-4-2)15-11-9-7-10-12-15/h7,9-12,16-17H,4,6,8,13-14H2,1-2H3. The Hall–Kier alpha value is -1.26. The van der Waals surface area contributed by atoms with Crippen molar-refractivity contribution in [3.63, 3.8) is 0 Å². The van der Waals surface area contributed by atoms with Crippen LogP contribution in [0.4, 0.5) is 0 Å². The molecule has 1 aromatic rings. The van der Waals surface area contributed by atoms with E-state index in [1.807, 2.05) is 6.92 Å². The number of benzene rings is 1. The van der Waals surface area contributed by atoms with Crippen LogP contribution >= 0.6 is 0 Å². The predicted molar refractivity (Wildman–Crippen MR) is 75.0 cm³/mol. The molecule has 0 bridgehead atoms. The van der Waals surface area contributed by atoms with Gasteiger partial charge in [0.1, 0.15) is 0 Å². The van der Waals surface area contributed by atoms with Crippen molar-refractivity contribution in [2.75, 3.05) is 13.1 Å². The highest BCUT2D eigenvalue weighted by Gasteiger charge is 2.09. The number of hydrogen-bond donors (Lipinski definition) is 1. The molecule has 1 aromatic carbocycles. The zero-order valence-electron chi connectivity index (χ0n) is 11.0. The molecule has 1 unspecified atom stereocenters. The number of nitrogens with one attached hydrogen (secondary N) is 1. The van der Waals surface area contributed by atoms with Crippen LogP contribution < -0.4 is 5.32 Å². The van der Waals surface area contributed by atoms with Gasteiger partial charge in [-0.05, 0) is 37.8 Å². The average molecular weight is 229 g/mol. The second-order valence-corrected chi connectivity index (χ2v) is 4.23. The van der Waals surface area contributed by atoms with Crippen molar-refractivity contribution in [1.82, 2.24) is 5.32 Å². The second kappa shape index (κ2) is 8.84. The highest BCUT2D eigenvalue weighted by atomic mass is 14.8. The molecule has 1 atom stereocenters. The van der Waals surface area contributed by atoms with Crippen molar-refractivity contribution in [2.45, 2.75) is 39.0 Å². The van der Waals surface area contributed by atoms with Crippen LogP contribution in [-0.4, -0.2) is 13.1 Å². The summed E-state index contributed by atoms with van der Waals surface area (Å²) >= 11 is 0. The largest absolute Gasteiger partial charge is 0.316 e. The van der Waals surface area contributed by atoms with Crippen LogP contribution in [0.1, 0.15) is 44.6 Å². The summed E-state index contributed by atoms with van der Waals surface area (Å²) in [5, 5.41) is 3.45. The van der Waals surface area contributed by atoms with Crippen LogP contribution in [0, 0.1) is 11.8 Å². The molecule has 1 nitrogen and oxygen atoms in total. The van der Waals surface area contributed by atoms with Gasteiger partial charge in [-0.1, -0.05) is 37.3 Å². The smallest absolute Gasteiger partial charge is 0.00888 e. The first-order chi connectivity index (χ1) is 8.38. The van der Waals surface area contributed by atoms with Crippen LogP contribution in [-0.2, 0) is 0 Å². The van der Waals surface area contributed by atoms with Gasteiger partial charge in [-0.2, -0.15) is 0 Å². The number of hydrogen-bond acceptors (Lipinski definition) is 1. The van der Waals surface area contributed by atoms with E-state index < -0.39 is 0 Å². The Balaban J connectivity index is 2.50. The first-order valence-electron chi connectivity index (χ1n) is 6.53. The van der Waals surface area contributed by atoms with Crippen molar-refractivity contribution >= 4 is 0 Å². The van der Waals surface area contributed by atoms with Crippen molar-refractivity contribution < 1.29 is 0 Å². The topological polar surface area (TPSA) is 12.0 Å². The van der Waals surface area contributed by atoms with E-state index in [0.717, 1.165) is 19.5 Å². The Labute approximate surface area is 106 Å². The molecular weight excluding hydrogens is 206 g/mol. The zero-order chi connectivity index (χ0) is 12.3. The van der Waals surface area contributed by atoms with Crippen LogP contribution in [0.5, 0.6) is 0 Å². The molecule has 0 saturated heterocycles. The van der Waals surface area contributed by atoms with E-state index in [1.165, 1.54) is 18.4 Å². The zero-order valence-corrected chi connectivity index (χ0v) is 11.0. The lowest BCUT2D eigenvalue weighted by Gasteiger charge is -2.17. The van der Waals surface area contributed by atoms with E-state index in [0.29, 0.717) is 5.92 Å². The minimum Gasteiger partial charge on any atom is -0.316 e. The Bertz CT molecular complexity index is 345. The van der Waals surface area contributed by atoms with Crippen molar-refractivity contribution in [3.05, 3.63) is 35.9 Å². The number of rotatable bonds is 7. The molecule has 1 rings (SSSR count). The van der Waals surface area contributed by atoms with Gasteiger partial charge in [0.15, 0.2) is 0 Å². The van der Waals surface area contributed by atoms with E-state index in [9.17, 15) is 0 Å². The Kier molecular flexibility index (Phi) is 7.18. The molecule has 0 radical (unpaired) electrons. The molecule has 1 N–H and O–H groups in total. The summed E-state index contributed by atoms with van der Waals surface area (Å²) in [4.78, 5) is 0. The highest BCUT2D eigenvalue weighted by molar-refractivity contribution is 5.19. The highest BCUT2D eigenvalue weighted by Crippen LogP contribution is 2.21. The fourth-order valence-corrected chi connectivity index (χ4v) is 1.99. The lowest BCUT2D eigenvalue weighted by Crippen LogP contribution is -2.21. The van der Waals surface area contributed by atoms with E-state index in [2.05, 4.69) is 54.4 Å². The molecular formula is C16H23N. The predicted octanol–water partition coefficient (Wildman–Crippen LogP) is 3.57. The van der Waals surface area contributed by atoms with Crippen LogP contribution in [0.2, 0.25) is 0 Å². The first kappa shape index (κ1) is 13.8. The summed E-state index contributed by atoms with van der Waals surface area (Å²) in [6.07, 6.45) is 3.42. The summed E-state index contributed by atoms with van der Waals surface area (Å²) in [6.45, 7) is 6.18. The normalized spacial score (nSPS) is 11.6. The third kappa shape index (κ3) is 5.56. The molecule has 92 valence electrons. The summed E-state index contributed by atoms with van der Waals surface area (Å²) < 4.78 is 0. The van der Waals surface area contributed by atoms with Crippen LogP contribution in [0.25, 0.3) is 0 Å². The summed E-state index contributed by atoms with van der Waals surface area (Å²) in [6, 6.07) is 10.8. The molecule has 0 saturated carbocycles. The first-order valence-corrected chi connectivity index (χ1v) is 6.53. The Morgan fingerprint density at radius 1 is 1.24 bits per heavy atom. The molecule has 1 heteroatoms. The average Bonchev–Trinajstić information content (AvgIpc) is 2.39. The molecule has 0 aliphatic carbocycles. The summed E-state index contributed by atoms with van der Waals surface area (Å²) in [5.74, 6) is 6.72.